The van der Waals surface area contributed by atoms with Crippen molar-refractivity contribution in [1.29, 1.82) is 0 Å². The summed E-state index contributed by atoms with van der Waals surface area (Å²) in [7, 11) is -7.06. The Bertz CT molecular complexity index is 713. The summed E-state index contributed by atoms with van der Waals surface area (Å²) in [5, 5.41) is 0. The zero-order chi connectivity index (χ0) is 18.4. The van der Waals surface area contributed by atoms with E-state index >= 15 is 0 Å². The lowest BCUT2D eigenvalue weighted by Crippen LogP contribution is -2.39. The molecule has 0 unspecified atom stereocenters. The molecule has 0 aliphatic heterocycles. The van der Waals surface area contributed by atoms with E-state index in [9.17, 15) is 16.8 Å². The predicted molar refractivity (Wildman–Crippen MR) is 94.1 cm³/mol. The van der Waals surface area contributed by atoms with Gasteiger partial charge in [-0.1, -0.05) is 13.8 Å². The van der Waals surface area contributed by atoms with Crippen molar-refractivity contribution >= 4 is 20.0 Å². The van der Waals surface area contributed by atoms with Crippen LogP contribution in [-0.4, -0.2) is 53.6 Å². The number of sulfonamides is 2. The first kappa shape index (κ1) is 20.9. The van der Waals surface area contributed by atoms with E-state index in [-0.39, 0.29) is 23.9 Å². The number of ether oxygens (including phenoxy) is 1. The van der Waals surface area contributed by atoms with Crippen LogP contribution in [0.2, 0.25) is 0 Å². The molecule has 0 atom stereocenters. The number of nitrogens with one attached hydrogen (secondary N) is 1. The molecule has 0 radical (unpaired) electrons. The third-order valence-corrected chi connectivity index (χ3v) is 5.88. The van der Waals surface area contributed by atoms with Crippen molar-refractivity contribution < 1.29 is 21.6 Å². The van der Waals surface area contributed by atoms with Crippen LogP contribution in [0.3, 0.4) is 0 Å². The fraction of sp³-hybridized carbons (Fsp3) is 0.600. The highest BCUT2D eigenvalue weighted by Gasteiger charge is 2.19. The zero-order valence-electron chi connectivity index (χ0n) is 14.5. The fourth-order valence-corrected chi connectivity index (χ4v) is 4.08. The summed E-state index contributed by atoms with van der Waals surface area (Å²) >= 11 is 0. The number of benzene rings is 1. The van der Waals surface area contributed by atoms with Crippen LogP contribution < -0.4 is 9.46 Å². The summed E-state index contributed by atoms with van der Waals surface area (Å²) in [5.74, 6) is 0.749. The second kappa shape index (κ2) is 8.80. The average Bonchev–Trinajstić information content (AvgIpc) is 2.45. The Hall–Kier alpha value is -1.16. The molecule has 0 amide bonds. The topological polar surface area (TPSA) is 92.8 Å². The third kappa shape index (κ3) is 6.76. The Kier molecular flexibility index (Phi) is 7.65. The largest absolute Gasteiger partial charge is 0.494 e. The van der Waals surface area contributed by atoms with Gasteiger partial charge in [-0.2, -0.15) is 0 Å². The highest BCUT2D eigenvalue weighted by molar-refractivity contribution is 7.89. The first-order valence-corrected chi connectivity index (χ1v) is 11.1. The van der Waals surface area contributed by atoms with Crippen LogP contribution in [0.5, 0.6) is 5.75 Å². The molecule has 0 aliphatic carbocycles. The van der Waals surface area contributed by atoms with Gasteiger partial charge < -0.3 is 4.74 Å². The molecule has 0 bridgehead atoms. The minimum absolute atomic E-state index is 0.00926. The van der Waals surface area contributed by atoms with Gasteiger partial charge in [0.2, 0.25) is 20.0 Å². The van der Waals surface area contributed by atoms with Crippen molar-refractivity contribution in [2.45, 2.75) is 25.7 Å². The van der Waals surface area contributed by atoms with Gasteiger partial charge in [-0.15, -0.1) is 0 Å². The summed E-state index contributed by atoms with van der Waals surface area (Å²) in [5.41, 5.74) is 0. The standard InChI is InChI=1S/C15H26N2O5S2/c1-5-22-14-6-8-15(9-7-14)24(20,21)16-10-11-17(12-13(2)3)23(4,18)19/h6-9,13,16H,5,10-12H2,1-4H3. The van der Waals surface area contributed by atoms with Crippen molar-refractivity contribution in [1.82, 2.24) is 9.03 Å². The maximum absolute atomic E-state index is 12.2. The molecule has 1 aromatic carbocycles. The first-order valence-electron chi connectivity index (χ1n) is 7.74. The molecular weight excluding hydrogens is 352 g/mol. The number of hydrogen-bond donors (Lipinski definition) is 1. The predicted octanol–water partition coefficient (Wildman–Crippen LogP) is 1.28. The Morgan fingerprint density at radius 2 is 1.71 bits per heavy atom. The van der Waals surface area contributed by atoms with Gasteiger partial charge in [0.15, 0.2) is 0 Å². The number of nitrogens with zero attached hydrogens (tertiary/aromatic N) is 1. The van der Waals surface area contributed by atoms with E-state index in [1.165, 1.54) is 16.4 Å². The van der Waals surface area contributed by atoms with E-state index in [0.717, 1.165) is 6.26 Å². The molecule has 0 spiro atoms. The van der Waals surface area contributed by atoms with E-state index in [1.54, 1.807) is 12.1 Å². The number of rotatable bonds is 10. The van der Waals surface area contributed by atoms with E-state index < -0.39 is 20.0 Å². The minimum Gasteiger partial charge on any atom is -0.494 e. The van der Waals surface area contributed by atoms with Gasteiger partial charge in [0.05, 0.1) is 17.8 Å². The Balaban J connectivity index is 2.70. The van der Waals surface area contributed by atoms with Crippen LogP contribution in [0, 0.1) is 5.92 Å². The molecule has 0 fully saturated rings. The molecule has 1 N–H and O–H groups in total. The van der Waals surface area contributed by atoms with E-state index in [0.29, 0.717) is 18.9 Å². The lowest BCUT2D eigenvalue weighted by atomic mass is 10.2. The molecule has 0 aliphatic rings. The van der Waals surface area contributed by atoms with Crippen molar-refractivity contribution in [2.75, 3.05) is 32.5 Å². The minimum atomic E-state index is -3.69. The second-order valence-corrected chi connectivity index (χ2v) is 9.57. The first-order chi connectivity index (χ1) is 11.1. The molecule has 9 heteroatoms. The van der Waals surface area contributed by atoms with E-state index in [4.69, 9.17) is 4.74 Å². The lowest BCUT2D eigenvalue weighted by molar-refractivity contribution is 0.340. The molecule has 24 heavy (non-hydrogen) atoms. The van der Waals surface area contributed by atoms with Gasteiger partial charge in [0.1, 0.15) is 5.75 Å². The molecule has 0 aromatic heterocycles. The molecule has 7 nitrogen and oxygen atoms in total. The summed E-state index contributed by atoms with van der Waals surface area (Å²) < 4.78 is 56.9. The molecule has 0 saturated carbocycles. The van der Waals surface area contributed by atoms with Crippen molar-refractivity contribution in [2.24, 2.45) is 5.92 Å². The normalized spacial score (nSPS) is 12.8. The molecule has 0 heterocycles. The summed E-state index contributed by atoms with van der Waals surface area (Å²) in [6, 6.07) is 6.07. The molecule has 0 saturated heterocycles. The van der Waals surface area contributed by atoms with Crippen LogP contribution in [-0.2, 0) is 20.0 Å². The monoisotopic (exact) mass is 378 g/mol. The van der Waals surface area contributed by atoms with Crippen LogP contribution in [0.1, 0.15) is 20.8 Å². The van der Waals surface area contributed by atoms with Gasteiger partial charge in [-0.25, -0.2) is 25.9 Å². The molecule has 1 aromatic rings. The molecule has 1 rings (SSSR count). The Morgan fingerprint density at radius 1 is 1.12 bits per heavy atom. The van der Waals surface area contributed by atoms with Gasteiger partial charge in [-0.05, 0) is 37.1 Å². The quantitative estimate of drug-likeness (QED) is 0.662. The van der Waals surface area contributed by atoms with Crippen LogP contribution in [0.15, 0.2) is 29.2 Å². The zero-order valence-corrected chi connectivity index (χ0v) is 16.2. The van der Waals surface area contributed by atoms with Crippen LogP contribution in [0.25, 0.3) is 0 Å². The highest BCUT2D eigenvalue weighted by Crippen LogP contribution is 2.15. The summed E-state index contributed by atoms with van der Waals surface area (Å²) in [6.07, 6.45) is 1.12. The van der Waals surface area contributed by atoms with Gasteiger partial charge >= 0.3 is 0 Å². The maximum Gasteiger partial charge on any atom is 0.240 e. The molecular formula is C15H26N2O5S2. The van der Waals surface area contributed by atoms with Crippen LogP contribution >= 0.6 is 0 Å². The fourth-order valence-electron chi connectivity index (χ4n) is 2.07. The van der Waals surface area contributed by atoms with E-state index in [1.807, 2.05) is 20.8 Å². The molecule has 138 valence electrons. The SMILES string of the molecule is CCOc1ccc(S(=O)(=O)NCCN(CC(C)C)S(C)(=O)=O)cc1. The summed E-state index contributed by atoms with van der Waals surface area (Å²) in [4.78, 5) is 0.112. The second-order valence-electron chi connectivity index (χ2n) is 5.82. The van der Waals surface area contributed by atoms with Gasteiger partial charge in [0, 0.05) is 19.6 Å². The van der Waals surface area contributed by atoms with Crippen molar-refractivity contribution in [3.05, 3.63) is 24.3 Å². The number of hydrogen-bond acceptors (Lipinski definition) is 5. The van der Waals surface area contributed by atoms with E-state index in [2.05, 4.69) is 4.72 Å². The van der Waals surface area contributed by atoms with Gasteiger partial charge in [-0.3, -0.25) is 0 Å². The van der Waals surface area contributed by atoms with Crippen molar-refractivity contribution in [3.8, 4) is 5.75 Å². The average molecular weight is 379 g/mol. The van der Waals surface area contributed by atoms with Gasteiger partial charge in [0.25, 0.3) is 0 Å². The Morgan fingerprint density at radius 3 is 2.17 bits per heavy atom. The Labute approximate surface area is 145 Å². The lowest BCUT2D eigenvalue weighted by Gasteiger charge is -2.22. The van der Waals surface area contributed by atoms with Crippen LogP contribution in [0.4, 0.5) is 0 Å². The maximum atomic E-state index is 12.2. The third-order valence-electron chi connectivity index (χ3n) is 3.14. The highest BCUT2D eigenvalue weighted by atomic mass is 32.2. The van der Waals surface area contributed by atoms with Crippen molar-refractivity contribution in [3.63, 3.8) is 0 Å². The smallest absolute Gasteiger partial charge is 0.240 e. The summed E-state index contributed by atoms with van der Waals surface area (Å²) in [6.45, 7) is 6.61.